The normalized spacial score (nSPS) is 27.4. The Morgan fingerprint density at radius 3 is 3.20 bits per heavy atom. The van der Waals surface area contributed by atoms with Crippen LogP contribution in [0.2, 0.25) is 0 Å². The number of nitrogens with zero attached hydrogens (tertiary/aromatic N) is 1. The highest BCUT2D eigenvalue weighted by Crippen LogP contribution is 2.06. The van der Waals surface area contributed by atoms with Crippen LogP contribution in [0.25, 0.3) is 0 Å². The minimum Gasteiger partial charge on any atom is -0.263 e. The maximum Gasteiger partial charge on any atom is 0.141 e. The second kappa shape index (κ2) is 3.30. The van der Waals surface area contributed by atoms with Crippen LogP contribution in [0.1, 0.15) is 19.8 Å². The smallest absolute Gasteiger partial charge is 0.141 e. The van der Waals surface area contributed by atoms with Gasteiger partial charge in [-0.3, -0.25) is 4.99 Å². The van der Waals surface area contributed by atoms with E-state index in [4.69, 9.17) is 0 Å². The van der Waals surface area contributed by atoms with Gasteiger partial charge in [-0.1, -0.05) is 6.08 Å². The first kappa shape index (κ1) is 7.19. The molecule has 0 spiro atoms. The van der Waals surface area contributed by atoms with E-state index in [0.29, 0.717) is 0 Å². The summed E-state index contributed by atoms with van der Waals surface area (Å²) in [5.41, 5.74) is 0.986. The summed E-state index contributed by atoms with van der Waals surface area (Å²) in [7, 11) is 0. The molecule has 1 heterocycles. The van der Waals surface area contributed by atoms with Crippen molar-refractivity contribution in [3.8, 4) is 0 Å². The average Bonchev–Trinajstić information content (AvgIpc) is 1.90. The third-order valence-electron chi connectivity index (χ3n) is 1.36. The van der Waals surface area contributed by atoms with Crippen LogP contribution in [0.4, 0.5) is 4.39 Å². The number of hydrogen-bond donors (Lipinski definition) is 0. The maximum atomic E-state index is 12.5. The zero-order valence-electron chi connectivity index (χ0n) is 5.97. The zero-order chi connectivity index (χ0) is 7.40. The SMILES string of the molecule is CC1=N/C=C(F)\C=C/CC1. The first-order valence-corrected chi connectivity index (χ1v) is 3.34. The van der Waals surface area contributed by atoms with E-state index in [9.17, 15) is 4.39 Å². The minimum atomic E-state index is -0.265. The van der Waals surface area contributed by atoms with E-state index in [1.54, 1.807) is 0 Å². The molecular weight excluding hydrogens is 129 g/mol. The largest absolute Gasteiger partial charge is 0.263 e. The summed E-state index contributed by atoms with van der Waals surface area (Å²) >= 11 is 0. The van der Waals surface area contributed by atoms with Crippen LogP contribution in [0, 0.1) is 0 Å². The van der Waals surface area contributed by atoms with Crippen molar-refractivity contribution in [1.82, 2.24) is 0 Å². The summed E-state index contributed by atoms with van der Waals surface area (Å²) in [4.78, 5) is 3.89. The molecule has 10 heavy (non-hydrogen) atoms. The quantitative estimate of drug-likeness (QED) is 0.489. The fourth-order valence-electron chi connectivity index (χ4n) is 0.768. The van der Waals surface area contributed by atoms with Gasteiger partial charge in [0.05, 0.1) is 6.20 Å². The molecule has 1 rings (SSSR count). The lowest BCUT2D eigenvalue weighted by Gasteiger charge is -1.97. The van der Waals surface area contributed by atoms with E-state index in [-0.39, 0.29) is 5.83 Å². The van der Waals surface area contributed by atoms with Gasteiger partial charge in [-0.2, -0.15) is 0 Å². The van der Waals surface area contributed by atoms with E-state index in [0.717, 1.165) is 18.6 Å². The van der Waals surface area contributed by atoms with Gasteiger partial charge in [-0.15, -0.1) is 0 Å². The van der Waals surface area contributed by atoms with Crippen molar-refractivity contribution in [2.24, 2.45) is 4.99 Å². The highest BCUT2D eigenvalue weighted by molar-refractivity contribution is 5.82. The number of rotatable bonds is 0. The first-order valence-electron chi connectivity index (χ1n) is 3.34. The predicted molar refractivity (Wildman–Crippen MR) is 40.7 cm³/mol. The lowest BCUT2D eigenvalue weighted by Crippen LogP contribution is -1.90. The minimum absolute atomic E-state index is 0.265. The Bertz CT molecular complexity index is 201. The van der Waals surface area contributed by atoms with E-state index in [1.807, 2.05) is 13.0 Å². The topological polar surface area (TPSA) is 12.4 Å². The molecule has 0 aromatic carbocycles. The molecule has 1 nitrogen and oxygen atoms in total. The second-order valence-electron chi connectivity index (χ2n) is 2.32. The monoisotopic (exact) mass is 139 g/mol. The molecule has 0 aliphatic carbocycles. The molecule has 1 aliphatic rings. The molecule has 0 atom stereocenters. The highest BCUT2D eigenvalue weighted by atomic mass is 19.1. The van der Waals surface area contributed by atoms with Gasteiger partial charge in [0, 0.05) is 5.71 Å². The van der Waals surface area contributed by atoms with Crippen molar-refractivity contribution in [1.29, 1.82) is 0 Å². The lowest BCUT2D eigenvalue weighted by molar-refractivity contribution is 0.662. The number of hydrogen-bond acceptors (Lipinski definition) is 1. The van der Waals surface area contributed by atoms with Gasteiger partial charge >= 0.3 is 0 Å². The maximum absolute atomic E-state index is 12.5. The van der Waals surface area contributed by atoms with E-state index in [1.165, 1.54) is 12.3 Å². The van der Waals surface area contributed by atoms with Gasteiger partial charge in [0.25, 0.3) is 0 Å². The highest BCUT2D eigenvalue weighted by Gasteiger charge is 1.93. The van der Waals surface area contributed by atoms with Gasteiger partial charge in [0.2, 0.25) is 0 Å². The van der Waals surface area contributed by atoms with Crippen molar-refractivity contribution in [2.45, 2.75) is 19.8 Å². The van der Waals surface area contributed by atoms with Crippen LogP contribution in [0.3, 0.4) is 0 Å². The van der Waals surface area contributed by atoms with Gasteiger partial charge in [-0.25, -0.2) is 4.39 Å². The molecular formula is C8H10FN. The van der Waals surface area contributed by atoms with Crippen molar-refractivity contribution < 1.29 is 4.39 Å². The molecule has 0 fully saturated rings. The molecule has 0 radical (unpaired) electrons. The summed E-state index contributed by atoms with van der Waals surface area (Å²) in [5.74, 6) is -0.265. The second-order valence-corrected chi connectivity index (χ2v) is 2.32. The van der Waals surface area contributed by atoms with Crippen LogP contribution in [-0.2, 0) is 0 Å². The third kappa shape index (κ3) is 2.13. The molecule has 2 heteroatoms. The Balaban J connectivity index is 2.75. The van der Waals surface area contributed by atoms with E-state index in [2.05, 4.69) is 4.99 Å². The summed E-state index contributed by atoms with van der Waals surface area (Å²) in [6, 6.07) is 0. The Labute approximate surface area is 60.0 Å². The van der Waals surface area contributed by atoms with Crippen molar-refractivity contribution in [3.05, 3.63) is 24.2 Å². The van der Waals surface area contributed by atoms with Gasteiger partial charge in [0.15, 0.2) is 0 Å². The average molecular weight is 139 g/mol. The summed E-state index contributed by atoms with van der Waals surface area (Å²) in [6.07, 6.45) is 6.35. The number of aliphatic imine (C=N–C) groups is 1. The molecule has 0 amide bonds. The Morgan fingerprint density at radius 1 is 1.60 bits per heavy atom. The molecule has 0 aromatic heterocycles. The van der Waals surface area contributed by atoms with Gasteiger partial charge in [0.1, 0.15) is 5.83 Å². The molecule has 0 bridgehead atoms. The van der Waals surface area contributed by atoms with Crippen LogP contribution >= 0.6 is 0 Å². The Hall–Kier alpha value is -0.920. The Kier molecular flexibility index (Phi) is 2.37. The zero-order valence-corrected chi connectivity index (χ0v) is 5.97. The molecule has 0 saturated heterocycles. The third-order valence-corrected chi connectivity index (χ3v) is 1.36. The summed E-state index contributed by atoms with van der Waals surface area (Å²) < 4.78 is 12.5. The molecule has 0 saturated carbocycles. The molecule has 54 valence electrons. The predicted octanol–water partition coefficient (Wildman–Crippen LogP) is 2.61. The van der Waals surface area contributed by atoms with Crippen LogP contribution < -0.4 is 0 Å². The van der Waals surface area contributed by atoms with E-state index >= 15 is 0 Å². The van der Waals surface area contributed by atoms with Crippen LogP contribution in [0.5, 0.6) is 0 Å². The molecule has 0 unspecified atom stereocenters. The van der Waals surface area contributed by atoms with Crippen LogP contribution in [-0.4, -0.2) is 5.71 Å². The van der Waals surface area contributed by atoms with Gasteiger partial charge < -0.3 is 0 Å². The fourth-order valence-corrected chi connectivity index (χ4v) is 0.768. The Morgan fingerprint density at radius 2 is 2.40 bits per heavy atom. The lowest BCUT2D eigenvalue weighted by atomic mass is 10.2. The molecule has 0 N–H and O–H groups in total. The standard InChI is InChI=1S/C8H10FN/c1-7-4-2-3-5-8(9)6-10-7/h3,5-6H,2,4H2,1H3/b5-3-,8-6+,10-7?. The first-order chi connectivity index (χ1) is 4.79. The number of allylic oxidation sites excluding steroid dienone is 3. The summed E-state index contributed by atoms with van der Waals surface area (Å²) in [6.45, 7) is 1.91. The van der Waals surface area contributed by atoms with Crippen molar-refractivity contribution >= 4 is 5.71 Å². The fraction of sp³-hybridized carbons (Fsp3) is 0.375. The number of halogens is 1. The van der Waals surface area contributed by atoms with Crippen LogP contribution in [0.15, 0.2) is 29.2 Å². The van der Waals surface area contributed by atoms with Gasteiger partial charge in [-0.05, 0) is 25.8 Å². The molecule has 1 aliphatic heterocycles. The van der Waals surface area contributed by atoms with Crippen molar-refractivity contribution in [3.63, 3.8) is 0 Å². The van der Waals surface area contributed by atoms with E-state index < -0.39 is 0 Å². The summed E-state index contributed by atoms with van der Waals surface area (Å²) in [5, 5.41) is 0. The van der Waals surface area contributed by atoms with Crippen molar-refractivity contribution in [2.75, 3.05) is 0 Å². The molecule has 0 aromatic rings.